The summed E-state index contributed by atoms with van der Waals surface area (Å²) in [6.07, 6.45) is 2.01. The summed E-state index contributed by atoms with van der Waals surface area (Å²) in [4.78, 5) is 45.2. The molecule has 0 aliphatic carbocycles. The highest BCUT2D eigenvalue weighted by Crippen LogP contribution is 2.02. The minimum atomic E-state index is -1.20. The number of hydrogen-bond donors (Lipinski definition) is 4. The fourth-order valence-electron chi connectivity index (χ4n) is 1.31. The molecule has 0 saturated carbocycles. The fourth-order valence-corrected chi connectivity index (χ4v) is 1.78. The van der Waals surface area contributed by atoms with E-state index in [2.05, 4.69) is 5.32 Å². The van der Waals surface area contributed by atoms with E-state index in [1.54, 1.807) is 6.26 Å². The second-order valence-corrected chi connectivity index (χ2v) is 4.90. The molecule has 1 atom stereocenters. The average Bonchev–Trinajstić information content (AvgIpc) is 2.31. The predicted octanol–water partition coefficient (Wildman–Crippen LogP) is -1.83. The molecule has 0 rings (SSSR count). The minimum absolute atomic E-state index is 0.212. The number of rotatable bonds is 9. The molecule has 0 radical (unpaired) electrons. The van der Waals surface area contributed by atoms with Crippen molar-refractivity contribution in [1.29, 1.82) is 0 Å². The van der Waals surface area contributed by atoms with Crippen LogP contribution in [0.5, 0.6) is 0 Å². The lowest BCUT2D eigenvalue weighted by atomic mass is 10.2. The first-order valence-corrected chi connectivity index (χ1v) is 7.01. The highest BCUT2D eigenvalue weighted by molar-refractivity contribution is 7.98. The maximum Gasteiger partial charge on any atom is 0.326 e. The lowest BCUT2D eigenvalue weighted by Gasteiger charge is -2.22. The van der Waals surface area contributed by atoms with E-state index in [1.807, 2.05) is 0 Å². The van der Waals surface area contributed by atoms with Crippen molar-refractivity contribution >= 4 is 35.6 Å². The van der Waals surface area contributed by atoms with Gasteiger partial charge in [-0.3, -0.25) is 9.59 Å². The average molecular weight is 306 g/mol. The fraction of sp³-hybridized carbons (Fsp3) is 0.600. The zero-order chi connectivity index (χ0) is 15.7. The Hall–Kier alpha value is -1.97. The number of urea groups is 1. The van der Waals surface area contributed by atoms with Gasteiger partial charge in [-0.1, -0.05) is 0 Å². The molecular weight excluding hydrogens is 288 g/mol. The monoisotopic (exact) mass is 306 g/mol. The molecule has 0 aliphatic heterocycles. The Bertz CT molecular complexity index is 374. The number of carbonyl (C=O) groups excluding carboxylic acids is 3. The maximum atomic E-state index is 11.8. The summed E-state index contributed by atoms with van der Waals surface area (Å²) in [6.45, 7) is -1.05. The number of carboxylic acid groups (broad SMARTS) is 1. The van der Waals surface area contributed by atoms with Gasteiger partial charge in [0.1, 0.15) is 19.1 Å². The van der Waals surface area contributed by atoms with Gasteiger partial charge in [-0.15, -0.1) is 0 Å². The molecule has 0 bridgehead atoms. The van der Waals surface area contributed by atoms with Crippen LogP contribution in [0.1, 0.15) is 6.42 Å². The molecule has 4 amide bonds. The van der Waals surface area contributed by atoms with Crippen LogP contribution in [0, 0.1) is 0 Å². The van der Waals surface area contributed by atoms with Crippen LogP contribution < -0.4 is 16.8 Å². The molecule has 0 aromatic rings. The van der Waals surface area contributed by atoms with Gasteiger partial charge in [0.05, 0.1) is 0 Å². The lowest BCUT2D eigenvalue weighted by molar-refractivity contribution is -0.139. The van der Waals surface area contributed by atoms with E-state index in [0.717, 1.165) is 4.90 Å². The molecule has 0 spiro atoms. The van der Waals surface area contributed by atoms with Gasteiger partial charge in [0.15, 0.2) is 0 Å². The van der Waals surface area contributed by atoms with Crippen LogP contribution in [0.3, 0.4) is 0 Å². The summed E-state index contributed by atoms with van der Waals surface area (Å²) in [6, 6.07) is -1.99. The van der Waals surface area contributed by atoms with E-state index in [-0.39, 0.29) is 6.42 Å². The molecule has 0 fully saturated rings. The first-order valence-electron chi connectivity index (χ1n) is 5.61. The molecule has 114 valence electrons. The van der Waals surface area contributed by atoms with Gasteiger partial charge in [-0.05, 0) is 18.4 Å². The number of aliphatic carboxylic acids is 1. The highest BCUT2D eigenvalue weighted by Gasteiger charge is 2.24. The van der Waals surface area contributed by atoms with Gasteiger partial charge in [-0.25, -0.2) is 9.59 Å². The number of hydrogen-bond acceptors (Lipinski definition) is 5. The molecule has 20 heavy (non-hydrogen) atoms. The number of nitrogens with two attached hydrogens (primary N) is 2. The van der Waals surface area contributed by atoms with E-state index in [0.29, 0.717) is 5.75 Å². The lowest BCUT2D eigenvalue weighted by Crippen LogP contribution is -2.52. The molecule has 0 aromatic carbocycles. The SMILES string of the molecule is CSCC[C@H](NC(=O)N(CC(N)=O)CC(N)=O)C(=O)O. The van der Waals surface area contributed by atoms with Crippen molar-refractivity contribution in [2.24, 2.45) is 11.5 Å². The van der Waals surface area contributed by atoms with E-state index in [1.165, 1.54) is 11.8 Å². The third kappa shape index (κ3) is 7.46. The number of nitrogens with zero attached hydrogens (tertiary/aromatic N) is 1. The number of thioether (sulfide) groups is 1. The Morgan fingerprint density at radius 3 is 2.05 bits per heavy atom. The van der Waals surface area contributed by atoms with Crippen molar-refractivity contribution in [3.63, 3.8) is 0 Å². The maximum absolute atomic E-state index is 11.8. The third-order valence-corrected chi connectivity index (χ3v) is 2.83. The highest BCUT2D eigenvalue weighted by atomic mass is 32.2. The summed E-state index contributed by atoms with van der Waals surface area (Å²) >= 11 is 1.43. The smallest absolute Gasteiger partial charge is 0.326 e. The Morgan fingerprint density at radius 2 is 1.70 bits per heavy atom. The summed E-state index contributed by atoms with van der Waals surface area (Å²) in [7, 11) is 0. The number of carbonyl (C=O) groups is 4. The summed E-state index contributed by atoms with van der Waals surface area (Å²) < 4.78 is 0. The second-order valence-electron chi connectivity index (χ2n) is 3.91. The Kier molecular flexibility index (Phi) is 8.13. The van der Waals surface area contributed by atoms with Gasteiger partial charge < -0.3 is 26.8 Å². The summed E-state index contributed by atoms with van der Waals surface area (Å²) in [5, 5.41) is 11.2. The molecule has 0 heterocycles. The number of nitrogens with one attached hydrogen (secondary N) is 1. The van der Waals surface area contributed by atoms with Crippen molar-refractivity contribution in [2.45, 2.75) is 12.5 Å². The quantitative estimate of drug-likeness (QED) is 0.393. The number of amides is 4. The van der Waals surface area contributed by atoms with Crippen LogP contribution in [0.25, 0.3) is 0 Å². The topological polar surface area (TPSA) is 156 Å². The number of carboxylic acids is 1. The van der Waals surface area contributed by atoms with Gasteiger partial charge in [0.25, 0.3) is 0 Å². The molecule has 0 saturated heterocycles. The van der Waals surface area contributed by atoms with E-state index >= 15 is 0 Å². The first-order chi connectivity index (χ1) is 9.27. The van der Waals surface area contributed by atoms with Crippen molar-refractivity contribution in [1.82, 2.24) is 10.2 Å². The van der Waals surface area contributed by atoms with Crippen LogP contribution in [0.15, 0.2) is 0 Å². The summed E-state index contributed by atoms with van der Waals surface area (Å²) in [5.41, 5.74) is 9.89. The Balaban J connectivity index is 4.72. The van der Waals surface area contributed by atoms with E-state index in [4.69, 9.17) is 16.6 Å². The van der Waals surface area contributed by atoms with Gasteiger partial charge >= 0.3 is 12.0 Å². The normalized spacial score (nSPS) is 11.4. The van der Waals surface area contributed by atoms with Crippen LogP contribution >= 0.6 is 11.8 Å². The van der Waals surface area contributed by atoms with Crippen LogP contribution in [0.2, 0.25) is 0 Å². The Labute approximate surface area is 120 Å². The van der Waals surface area contributed by atoms with Crippen LogP contribution in [-0.4, -0.2) is 65.0 Å². The Morgan fingerprint density at radius 1 is 1.20 bits per heavy atom. The van der Waals surface area contributed by atoms with Crippen molar-refractivity contribution < 1.29 is 24.3 Å². The van der Waals surface area contributed by atoms with E-state index < -0.39 is 42.9 Å². The van der Waals surface area contributed by atoms with Crippen molar-refractivity contribution in [3.05, 3.63) is 0 Å². The van der Waals surface area contributed by atoms with Gasteiger partial charge in [0.2, 0.25) is 11.8 Å². The van der Waals surface area contributed by atoms with Crippen LogP contribution in [0.4, 0.5) is 4.79 Å². The first kappa shape index (κ1) is 18.0. The molecule has 0 unspecified atom stereocenters. The molecule has 10 heteroatoms. The molecular formula is C10H18N4O5S. The predicted molar refractivity (Wildman–Crippen MR) is 72.9 cm³/mol. The standard InChI is InChI=1S/C10H18N4O5S/c1-20-3-2-6(9(17)18)13-10(19)14(4-7(11)15)5-8(12)16/h6H,2-5H2,1H3,(H2,11,15)(H2,12,16)(H,13,19)(H,17,18)/t6-/m0/s1. The zero-order valence-electron chi connectivity index (χ0n) is 11.0. The minimum Gasteiger partial charge on any atom is -0.480 e. The van der Waals surface area contributed by atoms with Crippen molar-refractivity contribution in [3.8, 4) is 0 Å². The largest absolute Gasteiger partial charge is 0.480 e. The molecule has 9 nitrogen and oxygen atoms in total. The number of primary amides is 2. The van der Waals surface area contributed by atoms with Crippen LogP contribution in [-0.2, 0) is 14.4 Å². The molecule has 0 aliphatic rings. The molecule has 6 N–H and O–H groups in total. The van der Waals surface area contributed by atoms with Gasteiger partial charge in [-0.2, -0.15) is 11.8 Å². The summed E-state index contributed by atoms with van der Waals surface area (Å²) in [5.74, 6) is -2.34. The zero-order valence-corrected chi connectivity index (χ0v) is 11.8. The van der Waals surface area contributed by atoms with Crippen molar-refractivity contribution in [2.75, 3.05) is 25.1 Å². The second kappa shape index (κ2) is 9.02. The van der Waals surface area contributed by atoms with E-state index in [9.17, 15) is 19.2 Å². The third-order valence-electron chi connectivity index (χ3n) is 2.19. The molecule has 0 aromatic heterocycles. The van der Waals surface area contributed by atoms with Gasteiger partial charge in [0, 0.05) is 0 Å².